The minimum absolute atomic E-state index is 0.268. The summed E-state index contributed by atoms with van der Waals surface area (Å²) >= 11 is 0. The highest BCUT2D eigenvalue weighted by molar-refractivity contribution is 6.35. The molecule has 0 saturated heterocycles. The van der Waals surface area contributed by atoms with E-state index in [9.17, 15) is 0 Å². The molecule has 112 valence electrons. The van der Waals surface area contributed by atoms with Gasteiger partial charge in [0.05, 0.1) is 0 Å². The summed E-state index contributed by atoms with van der Waals surface area (Å²) in [7, 11) is 0.268. The Labute approximate surface area is 124 Å². The molecular formula is C18H36Si. The zero-order valence-corrected chi connectivity index (χ0v) is 15.1. The Bertz CT molecular complexity index is 244. The van der Waals surface area contributed by atoms with Gasteiger partial charge in [-0.15, -0.1) is 0 Å². The lowest BCUT2D eigenvalue weighted by atomic mass is 9.59. The van der Waals surface area contributed by atoms with Gasteiger partial charge in [0.15, 0.2) is 0 Å². The summed E-state index contributed by atoms with van der Waals surface area (Å²) in [6, 6.07) is 0. The minimum atomic E-state index is 0.268. The number of hydrogen-bond donors (Lipinski definition) is 0. The maximum absolute atomic E-state index is 2.53. The van der Waals surface area contributed by atoms with Crippen LogP contribution in [-0.4, -0.2) is 9.52 Å². The van der Waals surface area contributed by atoms with Crippen molar-refractivity contribution in [3.05, 3.63) is 0 Å². The van der Waals surface area contributed by atoms with Crippen LogP contribution in [0.2, 0.25) is 12.1 Å². The monoisotopic (exact) mass is 280 g/mol. The van der Waals surface area contributed by atoms with Gasteiger partial charge in [0.1, 0.15) is 0 Å². The van der Waals surface area contributed by atoms with E-state index in [4.69, 9.17) is 0 Å². The van der Waals surface area contributed by atoms with Crippen molar-refractivity contribution in [3.63, 3.8) is 0 Å². The first-order valence-corrected chi connectivity index (χ1v) is 11.5. The standard InChI is InChI=1S/C18H36Si/c1-4-6-15-7-9-16(10-8-15)18(5-2)13-11-17(19-3)12-14-18/h15-17H,4-14,19H2,1-3H3. The maximum atomic E-state index is 2.53. The first-order valence-electron chi connectivity index (χ1n) is 9.24. The van der Waals surface area contributed by atoms with Gasteiger partial charge in [-0.05, 0) is 42.9 Å². The molecule has 0 aliphatic heterocycles. The van der Waals surface area contributed by atoms with Crippen LogP contribution >= 0.6 is 0 Å². The third kappa shape index (κ3) is 3.65. The zero-order chi connectivity index (χ0) is 13.7. The van der Waals surface area contributed by atoms with Crippen LogP contribution in [0.25, 0.3) is 0 Å². The molecule has 2 aliphatic rings. The van der Waals surface area contributed by atoms with Crippen molar-refractivity contribution in [2.75, 3.05) is 0 Å². The van der Waals surface area contributed by atoms with E-state index in [1.165, 1.54) is 24.8 Å². The molecule has 2 fully saturated rings. The molecule has 2 aliphatic carbocycles. The molecule has 0 bridgehead atoms. The van der Waals surface area contributed by atoms with Crippen molar-refractivity contribution >= 4 is 9.52 Å². The van der Waals surface area contributed by atoms with Crippen LogP contribution in [0.5, 0.6) is 0 Å². The van der Waals surface area contributed by atoms with Gasteiger partial charge in [0, 0.05) is 9.52 Å². The normalized spacial score (nSPS) is 40.9. The highest BCUT2D eigenvalue weighted by Crippen LogP contribution is 2.53. The Morgan fingerprint density at radius 2 is 1.58 bits per heavy atom. The minimum Gasteiger partial charge on any atom is -0.0746 e. The molecule has 1 heteroatoms. The van der Waals surface area contributed by atoms with Crippen LogP contribution in [0.3, 0.4) is 0 Å². The molecule has 0 heterocycles. The highest BCUT2D eigenvalue weighted by atomic mass is 28.2. The first kappa shape index (κ1) is 15.6. The topological polar surface area (TPSA) is 0 Å². The Balaban J connectivity index is 1.88. The van der Waals surface area contributed by atoms with E-state index in [0.29, 0.717) is 0 Å². The van der Waals surface area contributed by atoms with E-state index >= 15 is 0 Å². The van der Waals surface area contributed by atoms with Gasteiger partial charge >= 0.3 is 0 Å². The van der Waals surface area contributed by atoms with Crippen molar-refractivity contribution in [1.29, 1.82) is 0 Å². The largest absolute Gasteiger partial charge is 0.0746 e. The molecule has 0 aromatic heterocycles. The third-order valence-corrected chi connectivity index (χ3v) is 8.76. The quantitative estimate of drug-likeness (QED) is 0.578. The molecule has 0 unspecified atom stereocenters. The van der Waals surface area contributed by atoms with E-state index < -0.39 is 0 Å². The molecule has 0 atom stereocenters. The Morgan fingerprint density at radius 1 is 0.947 bits per heavy atom. The molecule has 19 heavy (non-hydrogen) atoms. The van der Waals surface area contributed by atoms with Crippen molar-refractivity contribution in [3.8, 4) is 0 Å². The van der Waals surface area contributed by atoms with Crippen LogP contribution in [-0.2, 0) is 0 Å². The summed E-state index contributed by atoms with van der Waals surface area (Å²) in [5.74, 6) is 2.17. The van der Waals surface area contributed by atoms with Crippen molar-refractivity contribution in [2.45, 2.75) is 96.6 Å². The summed E-state index contributed by atoms with van der Waals surface area (Å²) in [4.78, 5) is 0. The average Bonchev–Trinajstić information content (AvgIpc) is 2.48. The Kier molecular flexibility index (Phi) is 5.99. The Hall–Kier alpha value is 0.217. The van der Waals surface area contributed by atoms with Crippen LogP contribution < -0.4 is 0 Å². The summed E-state index contributed by atoms with van der Waals surface area (Å²) in [5, 5.41) is 0. The molecule has 0 nitrogen and oxygen atoms in total. The summed E-state index contributed by atoms with van der Waals surface area (Å²) in [6.45, 7) is 7.37. The van der Waals surface area contributed by atoms with Crippen molar-refractivity contribution < 1.29 is 0 Å². The molecule has 0 amide bonds. The predicted molar refractivity (Wildman–Crippen MR) is 89.7 cm³/mol. The molecule has 2 saturated carbocycles. The lowest BCUT2D eigenvalue weighted by Gasteiger charge is -2.48. The van der Waals surface area contributed by atoms with E-state index in [0.717, 1.165) is 17.3 Å². The molecule has 2 rings (SSSR count). The van der Waals surface area contributed by atoms with Crippen LogP contribution in [0.1, 0.15) is 84.5 Å². The molecule has 0 aromatic carbocycles. The molecule has 0 aromatic rings. The second-order valence-electron chi connectivity index (χ2n) is 7.57. The number of hydrogen-bond acceptors (Lipinski definition) is 0. The smallest absolute Gasteiger partial charge is 0.0201 e. The van der Waals surface area contributed by atoms with E-state index in [2.05, 4.69) is 20.4 Å². The fourth-order valence-electron chi connectivity index (χ4n) is 5.18. The van der Waals surface area contributed by atoms with E-state index in [-0.39, 0.29) is 9.52 Å². The predicted octanol–water partition coefficient (Wildman–Crippen LogP) is 5.57. The summed E-state index contributed by atoms with van der Waals surface area (Å²) < 4.78 is 0. The van der Waals surface area contributed by atoms with Gasteiger partial charge in [0.25, 0.3) is 0 Å². The fourth-order valence-corrected chi connectivity index (χ4v) is 6.41. The Morgan fingerprint density at radius 3 is 2.05 bits per heavy atom. The zero-order valence-electron chi connectivity index (χ0n) is 13.7. The van der Waals surface area contributed by atoms with Gasteiger partial charge in [0.2, 0.25) is 0 Å². The number of rotatable bonds is 5. The van der Waals surface area contributed by atoms with E-state index in [1.54, 1.807) is 51.4 Å². The molecule has 0 spiro atoms. The second kappa shape index (κ2) is 7.29. The summed E-state index contributed by atoms with van der Waals surface area (Å²) in [5.41, 5.74) is 1.97. The average molecular weight is 281 g/mol. The van der Waals surface area contributed by atoms with E-state index in [1.807, 2.05) is 0 Å². The summed E-state index contributed by atoms with van der Waals surface area (Å²) in [6.07, 6.45) is 16.9. The first-order chi connectivity index (χ1) is 9.24. The van der Waals surface area contributed by atoms with Gasteiger partial charge in [-0.1, -0.05) is 70.9 Å². The van der Waals surface area contributed by atoms with Crippen LogP contribution in [0.4, 0.5) is 0 Å². The molecule has 0 radical (unpaired) electrons. The van der Waals surface area contributed by atoms with Gasteiger partial charge in [-0.25, -0.2) is 0 Å². The van der Waals surface area contributed by atoms with Crippen molar-refractivity contribution in [1.82, 2.24) is 0 Å². The van der Waals surface area contributed by atoms with Gasteiger partial charge in [-0.2, -0.15) is 0 Å². The lowest BCUT2D eigenvalue weighted by molar-refractivity contribution is 0.0499. The van der Waals surface area contributed by atoms with Crippen molar-refractivity contribution in [2.24, 2.45) is 17.3 Å². The van der Waals surface area contributed by atoms with Gasteiger partial charge in [-0.3, -0.25) is 0 Å². The molecule has 0 N–H and O–H groups in total. The van der Waals surface area contributed by atoms with Crippen LogP contribution in [0, 0.1) is 17.3 Å². The van der Waals surface area contributed by atoms with Gasteiger partial charge < -0.3 is 0 Å². The highest BCUT2D eigenvalue weighted by Gasteiger charge is 2.41. The fraction of sp³-hybridized carbons (Fsp3) is 1.00. The SMILES string of the molecule is CCCC1CCC(C2(CC)CCC([SiH2]C)CC2)CC1. The van der Waals surface area contributed by atoms with Crippen LogP contribution in [0.15, 0.2) is 0 Å². The second-order valence-corrected chi connectivity index (χ2v) is 9.55. The lowest BCUT2D eigenvalue weighted by Crippen LogP contribution is -2.36. The maximum Gasteiger partial charge on any atom is 0.0201 e. The molecular weight excluding hydrogens is 244 g/mol. The third-order valence-electron chi connectivity index (χ3n) is 6.79.